The molecule has 4 nitrogen and oxygen atoms in total. The summed E-state index contributed by atoms with van der Waals surface area (Å²) in [6.45, 7) is 11.7. The molecule has 1 aliphatic rings. The van der Waals surface area contributed by atoms with Gasteiger partial charge >= 0.3 is 0 Å². The maximum absolute atomic E-state index is 11.8. The summed E-state index contributed by atoms with van der Waals surface area (Å²) in [4.78, 5) is 18.7. The first kappa shape index (κ1) is 29.3. The Morgan fingerprint density at radius 1 is 1.00 bits per heavy atom. The molecular weight excluding hydrogens is 466 g/mol. The Morgan fingerprint density at radius 3 is 2.32 bits per heavy atom. The van der Waals surface area contributed by atoms with E-state index in [4.69, 9.17) is 0 Å². The largest absolute Gasteiger partial charge is 0.374 e. The van der Waals surface area contributed by atoms with Crippen molar-refractivity contribution in [3.05, 3.63) is 77.4 Å². The summed E-state index contributed by atoms with van der Waals surface area (Å²) in [5, 5.41) is 0. The predicted octanol–water partition coefficient (Wildman–Crippen LogP) is 8.12. The predicted molar refractivity (Wildman–Crippen MR) is 166 cm³/mol. The summed E-state index contributed by atoms with van der Waals surface area (Å²) in [6, 6.07) is 15.5. The zero-order chi connectivity index (χ0) is 27.5. The average molecular weight is 514 g/mol. The van der Waals surface area contributed by atoms with Crippen LogP contribution in [0.1, 0.15) is 76.5 Å². The number of rotatable bonds is 12. The lowest BCUT2D eigenvalue weighted by molar-refractivity contribution is -0.104. The lowest BCUT2D eigenvalue weighted by Crippen LogP contribution is -2.29. The fraction of sp³-hybridized carbons (Fsp3) is 0.441. The number of carbonyl (C=O) groups is 1. The van der Waals surface area contributed by atoms with Gasteiger partial charge in [-0.2, -0.15) is 0 Å². The number of benzene rings is 2. The second-order valence-electron chi connectivity index (χ2n) is 10.4. The molecule has 0 aliphatic carbocycles. The fourth-order valence-corrected chi connectivity index (χ4v) is 4.96. The van der Waals surface area contributed by atoms with Crippen LogP contribution >= 0.6 is 0 Å². The van der Waals surface area contributed by atoms with Gasteiger partial charge < -0.3 is 14.7 Å². The van der Waals surface area contributed by atoms with Crippen LogP contribution in [0.4, 0.5) is 11.4 Å². The van der Waals surface area contributed by atoms with E-state index in [-0.39, 0.29) is 0 Å². The number of likely N-dealkylation sites (tertiary alicyclic amines) is 1. The second kappa shape index (κ2) is 14.6. The zero-order valence-electron chi connectivity index (χ0n) is 24.4. The van der Waals surface area contributed by atoms with E-state index < -0.39 is 0 Å². The Hall–Kier alpha value is -3.27. The van der Waals surface area contributed by atoms with Crippen LogP contribution in [0.15, 0.2) is 60.7 Å². The van der Waals surface area contributed by atoms with Crippen LogP contribution in [0.3, 0.4) is 0 Å². The molecule has 0 radical (unpaired) electrons. The standard InChI is InChI=1S/C34H47N3O/c1-7-13-32(29-18-16-28(17-19-29)15-14-27(4)8-2)36(6)30-20-21-33(35(5)9-3)31(26-30)34(22-25-38)37-23-11-10-12-24-37/h13-22,25-27H,7-12,23-24H2,1-6H3/b15-14+,32-13+,34-22+. The third-order valence-corrected chi connectivity index (χ3v) is 7.68. The molecule has 0 saturated carbocycles. The van der Waals surface area contributed by atoms with Crippen LogP contribution in [-0.4, -0.2) is 44.9 Å². The molecule has 0 bridgehead atoms. The maximum atomic E-state index is 11.8. The first-order valence-corrected chi connectivity index (χ1v) is 14.4. The van der Waals surface area contributed by atoms with Gasteiger partial charge in [-0.1, -0.05) is 69.7 Å². The van der Waals surface area contributed by atoms with Gasteiger partial charge in [-0.3, -0.25) is 4.79 Å². The van der Waals surface area contributed by atoms with E-state index in [0.29, 0.717) is 5.92 Å². The van der Waals surface area contributed by atoms with Crippen molar-refractivity contribution in [1.29, 1.82) is 0 Å². The van der Waals surface area contributed by atoms with Gasteiger partial charge in [-0.05, 0) is 67.9 Å². The topological polar surface area (TPSA) is 26.8 Å². The maximum Gasteiger partial charge on any atom is 0.144 e. The molecule has 204 valence electrons. The van der Waals surface area contributed by atoms with E-state index in [1.54, 1.807) is 6.08 Å². The van der Waals surface area contributed by atoms with Crippen LogP contribution in [0, 0.1) is 5.92 Å². The summed E-state index contributed by atoms with van der Waals surface area (Å²) >= 11 is 0. The number of nitrogens with zero attached hydrogens (tertiary/aromatic N) is 3. The summed E-state index contributed by atoms with van der Waals surface area (Å²) in [5.41, 5.74) is 8.03. The van der Waals surface area contributed by atoms with Crippen molar-refractivity contribution in [2.75, 3.05) is 43.5 Å². The van der Waals surface area contributed by atoms with Crippen LogP contribution in [0.25, 0.3) is 17.5 Å². The molecule has 38 heavy (non-hydrogen) atoms. The molecule has 4 heteroatoms. The molecule has 1 heterocycles. The number of allylic oxidation sites excluding steroid dienone is 3. The van der Waals surface area contributed by atoms with E-state index in [1.165, 1.54) is 36.1 Å². The van der Waals surface area contributed by atoms with Crippen LogP contribution in [0.2, 0.25) is 0 Å². The quantitative estimate of drug-likeness (QED) is 0.211. The van der Waals surface area contributed by atoms with Gasteiger partial charge in [-0.25, -0.2) is 0 Å². The van der Waals surface area contributed by atoms with Crippen LogP contribution in [0.5, 0.6) is 0 Å². The van der Waals surface area contributed by atoms with Crippen LogP contribution < -0.4 is 9.80 Å². The van der Waals surface area contributed by atoms with Gasteiger partial charge in [0.25, 0.3) is 0 Å². The van der Waals surface area contributed by atoms with Crippen molar-refractivity contribution >= 4 is 35.1 Å². The van der Waals surface area contributed by atoms with Gasteiger partial charge in [-0.15, -0.1) is 0 Å². The number of piperidine rings is 1. The van der Waals surface area contributed by atoms with Crippen molar-refractivity contribution in [2.45, 2.75) is 59.8 Å². The van der Waals surface area contributed by atoms with E-state index in [1.807, 2.05) is 0 Å². The third kappa shape index (κ3) is 7.40. The molecule has 2 aromatic carbocycles. The fourth-order valence-electron chi connectivity index (χ4n) is 4.96. The second-order valence-corrected chi connectivity index (χ2v) is 10.4. The molecule has 1 unspecified atom stereocenters. The van der Waals surface area contributed by atoms with Crippen molar-refractivity contribution < 1.29 is 4.79 Å². The summed E-state index contributed by atoms with van der Waals surface area (Å²) in [5.74, 6) is 0.586. The van der Waals surface area contributed by atoms with E-state index in [9.17, 15) is 4.79 Å². The molecule has 1 saturated heterocycles. The molecule has 3 rings (SSSR count). The Morgan fingerprint density at radius 2 is 1.71 bits per heavy atom. The molecule has 0 spiro atoms. The Bertz CT molecular complexity index is 1120. The summed E-state index contributed by atoms with van der Waals surface area (Å²) < 4.78 is 0. The van der Waals surface area contributed by atoms with E-state index in [0.717, 1.165) is 61.4 Å². The summed E-state index contributed by atoms with van der Waals surface area (Å²) in [7, 11) is 4.27. The molecule has 2 aromatic rings. The number of hydrogen-bond donors (Lipinski definition) is 0. The number of hydrogen-bond acceptors (Lipinski definition) is 4. The van der Waals surface area contributed by atoms with Crippen molar-refractivity contribution in [3.63, 3.8) is 0 Å². The van der Waals surface area contributed by atoms with Gasteiger partial charge in [0.2, 0.25) is 0 Å². The Balaban J connectivity index is 2.00. The minimum absolute atomic E-state index is 0.586. The highest BCUT2D eigenvalue weighted by Gasteiger charge is 2.21. The summed E-state index contributed by atoms with van der Waals surface area (Å²) in [6.07, 6.45) is 15.2. The minimum atomic E-state index is 0.586. The molecule has 1 atom stereocenters. The molecule has 0 N–H and O–H groups in total. The third-order valence-electron chi connectivity index (χ3n) is 7.68. The molecular formula is C34H47N3O. The molecule has 0 aromatic heterocycles. The smallest absolute Gasteiger partial charge is 0.144 e. The lowest BCUT2D eigenvalue weighted by Gasteiger charge is -2.34. The van der Waals surface area contributed by atoms with Gasteiger partial charge in [0, 0.05) is 68.1 Å². The highest BCUT2D eigenvalue weighted by Crippen LogP contribution is 2.36. The first-order valence-electron chi connectivity index (χ1n) is 14.4. The average Bonchev–Trinajstić information content (AvgIpc) is 2.97. The zero-order valence-corrected chi connectivity index (χ0v) is 24.4. The Labute approximate surface area is 231 Å². The van der Waals surface area contributed by atoms with Gasteiger partial charge in [0.15, 0.2) is 0 Å². The first-order chi connectivity index (χ1) is 18.4. The SMILES string of the molecule is CC/C=C(\c1ccc(/C=C/C(C)CC)cc1)N(C)c1ccc(N(C)CC)c(/C(=C\C=O)N2CCCCC2)c1. The number of anilines is 2. The van der Waals surface area contributed by atoms with Crippen molar-refractivity contribution in [2.24, 2.45) is 5.92 Å². The molecule has 1 fully saturated rings. The lowest BCUT2D eigenvalue weighted by atomic mass is 10.0. The normalized spacial score (nSPS) is 15.6. The van der Waals surface area contributed by atoms with Gasteiger partial charge in [0.05, 0.1) is 0 Å². The highest BCUT2D eigenvalue weighted by molar-refractivity contribution is 5.88. The van der Waals surface area contributed by atoms with Gasteiger partial charge in [0.1, 0.15) is 6.29 Å². The Kier molecular flexibility index (Phi) is 11.3. The highest BCUT2D eigenvalue weighted by atomic mass is 16.1. The monoisotopic (exact) mass is 513 g/mol. The van der Waals surface area contributed by atoms with E-state index in [2.05, 4.69) is 117 Å². The number of aldehydes is 1. The van der Waals surface area contributed by atoms with E-state index >= 15 is 0 Å². The van der Waals surface area contributed by atoms with Crippen molar-refractivity contribution in [3.8, 4) is 0 Å². The molecule has 1 aliphatic heterocycles. The minimum Gasteiger partial charge on any atom is -0.374 e. The van der Waals surface area contributed by atoms with Crippen LogP contribution in [-0.2, 0) is 4.79 Å². The number of carbonyl (C=O) groups excluding carboxylic acids is 1. The van der Waals surface area contributed by atoms with Crippen molar-refractivity contribution in [1.82, 2.24) is 4.90 Å². The molecule has 0 amide bonds.